The normalized spacial score (nSPS) is 13.0. The first-order valence-corrected chi connectivity index (χ1v) is 6.69. The van der Waals surface area contributed by atoms with Gasteiger partial charge in [-0.05, 0) is 31.5 Å². The number of carbonyl (C=O) groups excluding carboxylic acids is 1. The van der Waals surface area contributed by atoms with Crippen molar-refractivity contribution in [1.29, 1.82) is 0 Å². The van der Waals surface area contributed by atoms with Crippen LogP contribution in [-0.4, -0.2) is 41.2 Å². The highest BCUT2D eigenvalue weighted by atomic mass is 16.6. The first-order valence-electron chi connectivity index (χ1n) is 6.69. The molecule has 0 bridgehead atoms. The summed E-state index contributed by atoms with van der Waals surface area (Å²) in [6.45, 7) is 4.97. The van der Waals surface area contributed by atoms with Gasteiger partial charge >= 0.3 is 5.97 Å². The predicted octanol–water partition coefficient (Wildman–Crippen LogP) is 1.73. The minimum Gasteiger partial charge on any atom is -0.486 e. The molecule has 1 aliphatic rings. The van der Waals surface area contributed by atoms with Crippen molar-refractivity contribution in [3.05, 3.63) is 23.4 Å². The monoisotopic (exact) mass is 289 g/mol. The van der Waals surface area contributed by atoms with Crippen LogP contribution in [0.15, 0.2) is 12.1 Å². The summed E-state index contributed by atoms with van der Waals surface area (Å²) in [7, 11) is 0. The van der Waals surface area contributed by atoms with Crippen LogP contribution in [0.5, 0.6) is 11.5 Å². The van der Waals surface area contributed by atoms with Crippen molar-refractivity contribution in [2.24, 2.45) is 0 Å². The molecule has 1 aliphatic heterocycles. The number of carbonyl (C=O) groups is 1. The van der Waals surface area contributed by atoms with Crippen LogP contribution in [0.4, 0.5) is 0 Å². The number of H-pyrrole nitrogens is 1. The van der Waals surface area contributed by atoms with Gasteiger partial charge in [0, 0.05) is 5.56 Å². The molecule has 0 radical (unpaired) electrons. The van der Waals surface area contributed by atoms with E-state index in [4.69, 9.17) is 14.2 Å². The number of hydrogen-bond acceptors (Lipinski definition) is 6. The van der Waals surface area contributed by atoms with E-state index in [9.17, 15) is 4.79 Å². The van der Waals surface area contributed by atoms with Gasteiger partial charge in [-0.3, -0.25) is 0 Å². The Morgan fingerprint density at radius 2 is 2.00 bits per heavy atom. The van der Waals surface area contributed by atoms with Crippen LogP contribution in [0.1, 0.15) is 23.0 Å². The van der Waals surface area contributed by atoms with Crippen molar-refractivity contribution >= 4 is 5.97 Å². The van der Waals surface area contributed by atoms with Gasteiger partial charge in [0.15, 0.2) is 17.2 Å². The maximum Gasteiger partial charge on any atom is 0.361 e. The Morgan fingerprint density at radius 3 is 2.71 bits per heavy atom. The van der Waals surface area contributed by atoms with Crippen LogP contribution in [0, 0.1) is 6.92 Å². The zero-order chi connectivity index (χ0) is 14.8. The molecule has 0 fully saturated rings. The van der Waals surface area contributed by atoms with Gasteiger partial charge in [0.25, 0.3) is 0 Å². The Hall–Kier alpha value is -2.57. The number of ether oxygens (including phenoxy) is 3. The fourth-order valence-electron chi connectivity index (χ4n) is 2.21. The summed E-state index contributed by atoms with van der Waals surface area (Å²) < 4.78 is 16.1. The smallest absolute Gasteiger partial charge is 0.361 e. The summed E-state index contributed by atoms with van der Waals surface area (Å²) >= 11 is 0. The summed E-state index contributed by atoms with van der Waals surface area (Å²) in [4.78, 5) is 11.9. The van der Waals surface area contributed by atoms with Crippen LogP contribution in [0.3, 0.4) is 0 Å². The van der Waals surface area contributed by atoms with E-state index in [1.165, 1.54) is 0 Å². The molecule has 7 nitrogen and oxygen atoms in total. The molecule has 110 valence electrons. The first kappa shape index (κ1) is 13.4. The molecule has 2 heterocycles. The molecule has 0 spiro atoms. The van der Waals surface area contributed by atoms with Crippen molar-refractivity contribution in [2.75, 3.05) is 19.8 Å². The predicted molar refractivity (Wildman–Crippen MR) is 73.5 cm³/mol. The van der Waals surface area contributed by atoms with Gasteiger partial charge in [-0.2, -0.15) is 10.3 Å². The van der Waals surface area contributed by atoms with E-state index in [1.54, 1.807) is 6.92 Å². The Labute approximate surface area is 121 Å². The van der Waals surface area contributed by atoms with Crippen molar-refractivity contribution in [3.63, 3.8) is 0 Å². The molecule has 1 N–H and O–H groups in total. The summed E-state index contributed by atoms with van der Waals surface area (Å²) in [6, 6.07) is 3.68. The molecule has 1 aromatic carbocycles. The lowest BCUT2D eigenvalue weighted by atomic mass is 10.0. The molecular weight excluding hydrogens is 274 g/mol. The average molecular weight is 289 g/mol. The fraction of sp³-hybridized carbons (Fsp3) is 0.357. The third-order valence-electron chi connectivity index (χ3n) is 3.16. The Kier molecular flexibility index (Phi) is 3.47. The van der Waals surface area contributed by atoms with Crippen molar-refractivity contribution < 1.29 is 19.0 Å². The standard InChI is InChI=1S/C14H15N3O4/c1-3-19-14(18)13-12(15-17-16-13)9-7-11-10(6-8(9)2)20-4-5-21-11/h6-7H,3-5H2,1-2H3,(H,15,16,17). The minimum absolute atomic E-state index is 0.164. The number of fused-ring (bicyclic) bond motifs is 1. The zero-order valence-corrected chi connectivity index (χ0v) is 11.8. The van der Waals surface area contributed by atoms with Crippen LogP contribution in [0.25, 0.3) is 11.3 Å². The van der Waals surface area contributed by atoms with Crippen LogP contribution in [0.2, 0.25) is 0 Å². The molecular formula is C14H15N3O4. The van der Waals surface area contributed by atoms with Gasteiger partial charge in [0.05, 0.1) is 6.61 Å². The van der Waals surface area contributed by atoms with Crippen molar-refractivity contribution in [3.8, 4) is 22.8 Å². The maximum absolute atomic E-state index is 11.9. The Morgan fingerprint density at radius 1 is 1.29 bits per heavy atom. The SMILES string of the molecule is CCOC(=O)c1n[nH]nc1-c1cc2c(cc1C)OCCO2. The second-order valence-corrected chi connectivity index (χ2v) is 4.55. The van der Waals surface area contributed by atoms with Gasteiger partial charge in [-0.1, -0.05) is 0 Å². The van der Waals surface area contributed by atoms with Gasteiger partial charge < -0.3 is 14.2 Å². The number of nitrogens with zero attached hydrogens (tertiary/aromatic N) is 2. The van der Waals surface area contributed by atoms with Gasteiger partial charge in [-0.15, -0.1) is 5.10 Å². The molecule has 0 saturated heterocycles. The largest absolute Gasteiger partial charge is 0.486 e. The van der Waals surface area contributed by atoms with Crippen LogP contribution in [-0.2, 0) is 4.74 Å². The lowest BCUT2D eigenvalue weighted by molar-refractivity contribution is 0.0520. The molecule has 2 aromatic rings. The van der Waals surface area contributed by atoms with Gasteiger partial charge in [-0.25, -0.2) is 4.79 Å². The molecule has 1 aromatic heterocycles. The number of nitrogens with one attached hydrogen (secondary N) is 1. The van der Waals surface area contributed by atoms with Crippen LogP contribution >= 0.6 is 0 Å². The maximum atomic E-state index is 11.9. The van der Waals surface area contributed by atoms with Gasteiger partial charge in [0.2, 0.25) is 0 Å². The number of aryl methyl sites for hydroxylation is 1. The number of aromatic nitrogens is 3. The molecule has 21 heavy (non-hydrogen) atoms. The van der Waals surface area contributed by atoms with Gasteiger partial charge in [0.1, 0.15) is 18.9 Å². The third-order valence-corrected chi connectivity index (χ3v) is 3.16. The molecule has 0 aliphatic carbocycles. The molecule has 3 rings (SSSR count). The minimum atomic E-state index is -0.504. The second kappa shape index (κ2) is 5.43. The van der Waals surface area contributed by atoms with Crippen molar-refractivity contribution in [1.82, 2.24) is 15.4 Å². The summed E-state index contributed by atoms with van der Waals surface area (Å²) in [6.07, 6.45) is 0. The average Bonchev–Trinajstić information content (AvgIpc) is 2.96. The lowest BCUT2D eigenvalue weighted by Crippen LogP contribution is -2.15. The summed E-state index contributed by atoms with van der Waals surface area (Å²) in [5, 5.41) is 10.4. The third kappa shape index (κ3) is 2.42. The fourth-order valence-corrected chi connectivity index (χ4v) is 2.21. The molecule has 0 saturated carbocycles. The summed E-state index contributed by atoms with van der Waals surface area (Å²) in [5.74, 6) is 0.832. The Balaban J connectivity index is 2.05. The number of aromatic amines is 1. The lowest BCUT2D eigenvalue weighted by Gasteiger charge is -2.20. The summed E-state index contributed by atoms with van der Waals surface area (Å²) in [5.41, 5.74) is 2.29. The van der Waals surface area contributed by atoms with Crippen molar-refractivity contribution in [2.45, 2.75) is 13.8 Å². The molecule has 0 amide bonds. The first-order chi connectivity index (χ1) is 10.2. The van der Waals surface area contributed by atoms with E-state index < -0.39 is 5.97 Å². The van der Waals surface area contributed by atoms with E-state index >= 15 is 0 Å². The zero-order valence-electron chi connectivity index (χ0n) is 11.8. The van der Waals surface area contributed by atoms with E-state index in [1.807, 2.05) is 19.1 Å². The highest BCUT2D eigenvalue weighted by molar-refractivity contribution is 5.94. The number of hydrogen-bond donors (Lipinski definition) is 1. The molecule has 0 unspecified atom stereocenters. The number of benzene rings is 1. The highest BCUT2D eigenvalue weighted by Crippen LogP contribution is 2.37. The van der Waals surface area contributed by atoms with E-state index in [0.29, 0.717) is 30.4 Å². The van der Waals surface area contributed by atoms with E-state index in [2.05, 4.69) is 15.4 Å². The second-order valence-electron chi connectivity index (χ2n) is 4.55. The van der Waals surface area contributed by atoms with E-state index in [0.717, 1.165) is 11.1 Å². The number of esters is 1. The topological polar surface area (TPSA) is 86.3 Å². The highest BCUT2D eigenvalue weighted by Gasteiger charge is 2.23. The number of rotatable bonds is 3. The van der Waals surface area contributed by atoms with E-state index in [-0.39, 0.29) is 12.3 Å². The van der Waals surface area contributed by atoms with Crippen LogP contribution < -0.4 is 9.47 Å². The Bertz CT molecular complexity index is 681. The molecule has 7 heteroatoms. The quantitative estimate of drug-likeness (QED) is 0.866. The molecule has 0 atom stereocenters.